The van der Waals surface area contributed by atoms with Gasteiger partial charge in [-0.3, -0.25) is 0 Å². The fraction of sp³-hybridized carbons (Fsp3) is 0.625. The number of nitrogens with zero attached hydrogens (tertiary/aromatic N) is 1. The topological polar surface area (TPSA) is 44.0 Å². The summed E-state index contributed by atoms with van der Waals surface area (Å²) >= 11 is 2.26. The van der Waals surface area contributed by atoms with E-state index >= 15 is 0 Å². The lowest BCUT2D eigenvalue weighted by molar-refractivity contribution is 0.262. The number of aliphatic hydroxyl groups excluding tert-OH is 1. The first kappa shape index (κ1) is 10.9. The number of hydrogen-bond donors (Lipinski definition) is 1. The third-order valence-corrected chi connectivity index (χ3v) is 2.02. The van der Waals surface area contributed by atoms with Crippen molar-refractivity contribution in [3.8, 4) is 6.07 Å². The molecular weight excluding hydrogens is 253 g/mol. The second-order valence-corrected chi connectivity index (χ2v) is 3.22. The molecule has 0 rings (SSSR count). The Labute approximate surface area is 81.1 Å². The molecule has 0 radical (unpaired) electrons. The lowest BCUT2D eigenvalue weighted by atomic mass is 10.1. The van der Waals surface area contributed by atoms with Gasteiger partial charge in [0.1, 0.15) is 0 Å². The highest BCUT2D eigenvalue weighted by atomic mass is 127. The molecule has 0 aromatic heterocycles. The lowest BCUT2D eigenvalue weighted by Crippen LogP contribution is -2.06. The maximum Gasteiger partial charge on any atom is 0.161 e. The number of halogens is 1. The Kier molecular flexibility index (Phi) is 6.57. The van der Waals surface area contributed by atoms with Gasteiger partial charge in [0.15, 0.2) is 6.10 Å². The second-order valence-electron chi connectivity index (χ2n) is 2.14. The Morgan fingerprint density at radius 2 is 2.45 bits per heavy atom. The molecule has 0 aliphatic heterocycles. The molecule has 0 bridgehead atoms. The van der Waals surface area contributed by atoms with Gasteiger partial charge >= 0.3 is 0 Å². The highest BCUT2D eigenvalue weighted by molar-refractivity contribution is 14.1. The van der Waals surface area contributed by atoms with Crippen LogP contribution in [0.3, 0.4) is 0 Å². The van der Waals surface area contributed by atoms with Crippen molar-refractivity contribution in [3.63, 3.8) is 0 Å². The van der Waals surface area contributed by atoms with Gasteiger partial charge in [-0.1, -0.05) is 35.6 Å². The summed E-state index contributed by atoms with van der Waals surface area (Å²) in [5.74, 6) is 0. The number of rotatable bonds is 4. The molecule has 62 valence electrons. The third kappa shape index (κ3) is 4.38. The Morgan fingerprint density at radius 1 is 1.82 bits per heavy atom. The van der Waals surface area contributed by atoms with Crippen LogP contribution in [0.5, 0.6) is 0 Å². The minimum atomic E-state index is -0.900. The molecule has 1 N–H and O–H groups in total. The summed E-state index contributed by atoms with van der Waals surface area (Å²) in [4.78, 5) is 0. The van der Waals surface area contributed by atoms with Gasteiger partial charge in [0, 0.05) is 4.43 Å². The van der Waals surface area contributed by atoms with E-state index in [1.807, 2.05) is 19.1 Å². The summed E-state index contributed by atoms with van der Waals surface area (Å²) in [6, 6.07) is 1.81. The summed E-state index contributed by atoms with van der Waals surface area (Å²) in [5, 5.41) is 17.5. The van der Waals surface area contributed by atoms with Gasteiger partial charge in [0.25, 0.3) is 0 Å². The molecule has 0 spiro atoms. The summed E-state index contributed by atoms with van der Waals surface area (Å²) in [7, 11) is 0. The predicted molar refractivity (Wildman–Crippen MR) is 53.5 cm³/mol. The van der Waals surface area contributed by atoms with Crippen molar-refractivity contribution in [1.82, 2.24) is 0 Å². The van der Waals surface area contributed by atoms with Gasteiger partial charge in [-0.25, -0.2) is 0 Å². The first-order chi connectivity index (χ1) is 5.26. The fourth-order valence-electron chi connectivity index (χ4n) is 0.772. The average Bonchev–Trinajstić information content (AvgIpc) is 2.05. The molecule has 0 saturated heterocycles. The van der Waals surface area contributed by atoms with Gasteiger partial charge in [-0.2, -0.15) is 5.26 Å². The Balaban J connectivity index is 4.05. The summed E-state index contributed by atoms with van der Waals surface area (Å²) in [5.41, 5.74) is 0.837. The number of alkyl halides is 1. The first-order valence-corrected chi connectivity index (χ1v) is 5.11. The molecule has 2 nitrogen and oxygen atoms in total. The van der Waals surface area contributed by atoms with Crippen LogP contribution >= 0.6 is 22.6 Å². The van der Waals surface area contributed by atoms with Crippen LogP contribution in [0.2, 0.25) is 0 Å². The van der Waals surface area contributed by atoms with Gasteiger partial charge in [0.2, 0.25) is 0 Å². The van der Waals surface area contributed by atoms with E-state index in [9.17, 15) is 0 Å². The van der Waals surface area contributed by atoms with Crippen LogP contribution in [0, 0.1) is 11.3 Å². The maximum atomic E-state index is 9.11. The molecule has 0 amide bonds. The van der Waals surface area contributed by atoms with Gasteiger partial charge in [0.05, 0.1) is 6.07 Å². The molecule has 1 unspecified atom stereocenters. The summed E-state index contributed by atoms with van der Waals surface area (Å²) < 4.78 is 1.03. The quantitative estimate of drug-likeness (QED) is 0.366. The minimum absolute atomic E-state index is 0.755. The SMILES string of the molecule is CC/C(=C\CCI)C(O)C#N. The molecule has 0 heterocycles. The maximum absolute atomic E-state index is 9.11. The highest BCUT2D eigenvalue weighted by Crippen LogP contribution is 2.08. The molecule has 0 aliphatic carbocycles. The monoisotopic (exact) mass is 265 g/mol. The van der Waals surface area contributed by atoms with Crippen LogP contribution in [0.15, 0.2) is 11.6 Å². The predicted octanol–water partition coefficient (Wildman–Crippen LogP) is 2.03. The van der Waals surface area contributed by atoms with Crippen LogP contribution in [-0.4, -0.2) is 15.6 Å². The van der Waals surface area contributed by atoms with Crippen molar-refractivity contribution in [2.45, 2.75) is 25.9 Å². The van der Waals surface area contributed by atoms with E-state index in [1.54, 1.807) is 0 Å². The molecule has 1 atom stereocenters. The average molecular weight is 265 g/mol. The Hall–Kier alpha value is -0.0800. The van der Waals surface area contributed by atoms with Crippen LogP contribution in [-0.2, 0) is 0 Å². The lowest BCUT2D eigenvalue weighted by Gasteiger charge is -2.03. The molecule has 3 heteroatoms. The molecule has 0 aliphatic rings. The van der Waals surface area contributed by atoms with E-state index in [4.69, 9.17) is 10.4 Å². The van der Waals surface area contributed by atoms with E-state index in [0.717, 1.165) is 22.8 Å². The summed E-state index contributed by atoms with van der Waals surface area (Å²) in [6.45, 7) is 1.94. The van der Waals surface area contributed by atoms with Gasteiger partial charge < -0.3 is 5.11 Å². The van der Waals surface area contributed by atoms with Gasteiger partial charge in [-0.05, 0) is 18.4 Å². The second kappa shape index (κ2) is 6.62. The van der Waals surface area contributed by atoms with E-state index in [1.165, 1.54) is 0 Å². The van der Waals surface area contributed by atoms with Crippen molar-refractivity contribution in [3.05, 3.63) is 11.6 Å². The standard InChI is InChI=1S/C8H12INO/c1-2-7(4-3-5-9)8(11)6-10/h4,8,11H,2-3,5H2,1H3/b7-4+. The van der Waals surface area contributed by atoms with E-state index in [0.29, 0.717) is 0 Å². The molecule has 0 aromatic carbocycles. The van der Waals surface area contributed by atoms with Crippen molar-refractivity contribution in [2.24, 2.45) is 0 Å². The van der Waals surface area contributed by atoms with Crippen molar-refractivity contribution < 1.29 is 5.11 Å². The zero-order chi connectivity index (χ0) is 8.69. The molecular formula is C8H12INO. The number of aliphatic hydroxyl groups is 1. The van der Waals surface area contributed by atoms with E-state index < -0.39 is 6.10 Å². The van der Waals surface area contributed by atoms with Crippen LogP contribution in [0.25, 0.3) is 0 Å². The van der Waals surface area contributed by atoms with Gasteiger partial charge in [-0.15, -0.1) is 0 Å². The fourth-order valence-corrected chi connectivity index (χ4v) is 1.08. The number of allylic oxidation sites excluding steroid dienone is 1. The Morgan fingerprint density at radius 3 is 2.82 bits per heavy atom. The zero-order valence-electron chi connectivity index (χ0n) is 6.55. The van der Waals surface area contributed by atoms with E-state index in [-0.39, 0.29) is 0 Å². The molecule has 0 saturated carbocycles. The smallest absolute Gasteiger partial charge is 0.161 e. The third-order valence-electron chi connectivity index (χ3n) is 1.40. The number of nitriles is 1. The van der Waals surface area contributed by atoms with Crippen LogP contribution in [0.1, 0.15) is 19.8 Å². The largest absolute Gasteiger partial charge is 0.374 e. The van der Waals surface area contributed by atoms with Crippen LogP contribution in [0.4, 0.5) is 0 Å². The van der Waals surface area contributed by atoms with Crippen molar-refractivity contribution in [1.29, 1.82) is 5.26 Å². The molecule has 11 heavy (non-hydrogen) atoms. The molecule has 0 aromatic rings. The van der Waals surface area contributed by atoms with E-state index in [2.05, 4.69) is 22.6 Å². The molecule has 0 fully saturated rings. The number of hydrogen-bond acceptors (Lipinski definition) is 2. The zero-order valence-corrected chi connectivity index (χ0v) is 8.71. The highest BCUT2D eigenvalue weighted by Gasteiger charge is 2.05. The minimum Gasteiger partial charge on any atom is -0.374 e. The van der Waals surface area contributed by atoms with Crippen molar-refractivity contribution >= 4 is 22.6 Å². The first-order valence-electron chi connectivity index (χ1n) is 3.58. The normalized spacial score (nSPS) is 14.2. The summed E-state index contributed by atoms with van der Waals surface area (Å²) in [6.07, 6.45) is 2.73. The van der Waals surface area contributed by atoms with Crippen LogP contribution < -0.4 is 0 Å². The van der Waals surface area contributed by atoms with Crippen molar-refractivity contribution in [2.75, 3.05) is 4.43 Å². The Bertz CT molecular complexity index is 171.